The minimum Gasteiger partial charge on any atom is -0.486 e. The SMILES string of the molecule is CC(NC(=O)NCc1ccc(N2CCCCCC2)nc1)c1ccc2c(c1)OCCO2. The molecule has 2 aliphatic rings. The summed E-state index contributed by atoms with van der Waals surface area (Å²) < 4.78 is 11.2. The molecule has 2 aliphatic heterocycles. The summed E-state index contributed by atoms with van der Waals surface area (Å²) in [7, 11) is 0. The molecule has 1 aromatic heterocycles. The van der Waals surface area contributed by atoms with Gasteiger partial charge >= 0.3 is 6.03 Å². The maximum atomic E-state index is 12.3. The number of aromatic nitrogens is 1. The third kappa shape index (κ3) is 5.14. The second kappa shape index (κ2) is 9.69. The molecule has 0 radical (unpaired) electrons. The van der Waals surface area contributed by atoms with Crippen LogP contribution >= 0.6 is 0 Å². The Balaban J connectivity index is 1.27. The second-order valence-electron chi connectivity index (χ2n) is 7.88. The molecule has 0 saturated carbocycles. The van der Waals surface area contributed by atoms with Gasteiger partial charge in [-0.3, -0.25) is 0 Å². The van der Waals surface area contributed by atoms with Crippen molar-refractivity contribution in [1.82, 2.24) is 15.6 Å². The van der Waals surface area contributed by atoms with Crippen molar-refractivity contribution in [2.45, 2.75) is 45.2 Å². The number of pyridine rings is 1. The first-order valence-electron chi connectivity index (χ1n) is 10.8. The van der Waals surface area contributed by atoms with Crippen molar-refractivity contribution in [2.75, 3.05) is 31.2 Å². The van der Waals surface area contributed by atoms with E-state index in [0.717, 1.165) is 41.5 Å². The molecular weight excluding hydrogens is 380 g/mol. The van der Waals surface area contributed by atoms with Gasteiger partial charge in [0.2, 0.25) is 0 Å². The van der Waals surface area contributed by atoms with Crippen LogP contribution in [-0.2, 0) is 6.54 Å². The first-order valence-corrected chi connectivity index (χ1v) is 10.8. The average molecular weight is 411 g/mol. The van der Waals surface area contributed by atoms with E-state index in [1.807, 2.05) is 37.4 Å². The van der Waals surface area contributed by atoms with Gasteiger partial charge in [-0.25, -0.2) is 9.78 Å². The highest BCUT2D eigenvalue weighted by Crippen LogP contribution is 2.32. The number of nitrogens with zero attached hydrogens (tertiary/aromatic N) is 2. The summed E-state index contributed by atoms with van der Waals surface area (Å²) in [6.07, 6.45) is 6.92. The number of carbonyl (C=O) groups excluding carboxylic acids is 1. The van der Waals surface area contributed by atoms with Gasteiger partial charge in [-0.05, 0) is 49.1 Å². The fraction of sp³-hybridized carbons (Fsp3) is 0.478. The van der Waals surface area contributed by atoms with Gasteiger partial charge in [0, 0.05) is 25.8 Å². The standard InChI is InChI=1S/C23H30N4O3/c1-17(19-7-8-20-21(14-19)30-13-12-29-20)26-23(28)25-16-18-6-9-22(24-15-18)27-10-4-2-3-5-11-27/h6-9,14-15,17H,2-5,10-13,16H2,1H3,(H2,25,26,28). The first kappa shape index (κ1) is 20.3. The summed E-state index contributed by atoms with van der Waals surface area (Å²) in [5.74, 6) is 2.50. The molecule has 2 aromatic rings. The molecule has 1 aromatic carbocycles. The fourth-order valence-corrected chi connectivity index (χ4v) is 3.85. The summed E-state index contributed by atoms with van der Waals surface area (Å²) in [6, 6.07) is 9.49. The molecule has 0 aliphatic carbocycles. The van der Waals surface area contributed by atoms with Crippen molar-refractivity contribution < 1.29 is 14.3 Å². The highest BCUT2D eigenvalue weighted by atomic mass is 16.6. The third-order valence-corrected chi connectivity index (χ3v) is 5.61. The van der Waals surface area contributed by atoms with Crippen molar-refractivity contribution in [3.05, 3.63) is 47.7 Å². The van der Waals surface area contributed by atoms with Gasteiger partial charge in [-0.2, -0.15) is 0 Å². The smallest absolute Gasteiger partial charge is 0.315 e. The number of hydrogen-bond acceptors (Lipinski definition) is 5. The summed E-state index contributed by atoms with van der Waals surface area (Å²) in [5.41, 5.74) is 1.95. The van der Waals surface area contributed by atoms with E-state index in [0.29, 0.717) is 19.8 Å². The minimum atomic E-state index is -0.214. The predicted molar refractivity (Wildman–Crippen MR) is 116 cm³/mol. The number of urea groups is 1. The number of rotatable bonds is 5. The zero-order valence-electron chi connectivity index (χ0n) is 17.5. The molecule has 1 unspecified atom stereocenters. The van der Waals surface area contributed by atoms with E-state index in [4.69, 9.17) is 9.47 Å². The zero-order chi connectivity index (χ0) is 20.8. The highest BCUT2D eigenvalue weighted by Gasteiger charge is 2.16. The van der Waals surface area contributed by atoms with Gasteiger partial charge in [0.05, 0.1) is 6.04 Å². The molecule has 2 N–H and O–H groups in total. The molecule has 2 amide bonds. The topological polar surface area (TPSA) is 75.7 Å². The Morgan fingerprint density at radius 3 is 2.57 bits per heavy atom. The number of ether oxygens (including phenoxy) is 2. The molecule has 0 spiro atoms. The lowest BCUT2D eigenvalue weighted by atomic mass is 10.1. The van der Waals surface area contributed by atoms with E-state index in [-0.39, 0.29) is 12.1 Å². The van der Waals surface area contributed by atoms with Crippen LogP contribution in [0.25, 0.3) is 0 Å². The van der Waals surface area contributed by atoms with Crippen molar-refractivity contribution in [1.29, 1.82) is 0 Å². The van der Waals surface area contributed by atoms with Crippen molar-refractivity contribution in [3.8, 4) is 11.5 Å². The Morgan fingerprint density at radius 2 is 1.83 bits per heavy atom. The summed E-state index contributed by atoms with van der Waals surface area (Å²) in [5, 5.41) is 5.88. The number of nitrogens with one attached hydrogen (secondary N) is 2. The Labute approximate surface area is 177 Å². The minimum absolute atomic E-state index is 0.149. The molecule has 160 valence electrons. The molecule has 7 heteroatoms. The van der Waals surface area contributed by atoms with E-state index < -0.39 is 0 Å². The molecular formula is C23H30N4O3. The largest absolute Gasteiger partial charge is 0.486 e. The van der Waals surface area contributed by atoms with Crippen LogP contribution in [0.3, 0.4) is 0 Å². The number of benzene rings is 1. The van der Waals surface area contributed by atoms with Crippen LogP contribution in [0.5, 0.6) is 11.5 Å². The molecule has 0 bridgehead atoms. The average Bonchev–Trinajstić information content (AvgIpc) is 3.07. The number of fused-ring (bicyclic) bond motifs is 1. The highest BCUT2D eigenvalue weighted by molar-refractivity contribution is 5.74. The monoisotopic (exact) mass is 410 g/mol. The van der Waals surface area contributed by atoms with Gasteiger partial charge in [0.25, 0.3) is 0 Å². The lowest BCUT2D eigenvalue weighted by molar-refractivity contribution is 0.171. The molecule has 30 heavy (non-hydrogen) atoms. The lowest BCUT2D eigenvalue weighted by Gasteiger charge is -2.22. The van der Waals surface area contributed by atoms with E-state index in [2.05, 4.69) is 26.6 Å². The van der Waals surface area contributed by atoms with Gasteiger partial charge in [-0.15, -0.1) is 0 Å². The zero-order valence-corrected chi connectivity index (χ0v) is 17.5. The maximum absolute atomic E-state index is 12.3. The van der Waals surface area contributed by atoms with Gasteiger partial charge in [0.1, 0.15) is 19.0 Å². The Kier molecular flexibility index (Phi) is 6.57. The number of hydrogen-bond donors (Lipinski definition) is 2. The van der Waals surface area contributed by atoms with E-state index in [1.54, 1.807) is 0 Å². The maximum Gasteiger partial charge on any atom is 0.315 e. The molecule has 1 fully saturated rings. The van der Waals surface area contributed by atoms with Crippen LogP contribution in [0.2, 0.25) is 0 Å². The fourth-order valence-electron chi connectivity index (χ4n) is 3.85. The van der Waals surface area contributed by atoms with Crippen molar-refractivity contribution in [3.63, 3.8) is 0 Å². The van der Waals surface area contributed by atoms with Crippen LogP contribution in [0.1, 0.15) is 49.8 Å². The van der Waals surface area contributed by atoms with E-state index in [9.17, 15) is 4.79 Å². The molecule has 7 nitrogen and oxygen atoms in total. The number of carbonyl (C=O) groups is 1. The Hall–Kier alpha value is -2.96. The predicted octanol–water partition coefficient (Wildman–Crippen LogP) is 3.79. The Bertz CT molecular complexity index is 848. The summed E-state index contributed by atoms with van der Waals surface area (Å²) in [6.45, 7) is 5.64. The first-order chi connectivity index (χ1) is 14.7. The quantitative estimate of drug-likeness (QED) is 0.784. The Morgan fingerprint density at radius 1 is 1.07 bits per heavy atom. The molecule has 1 saturated heterocycles. The van der Waals surface area contributed by atoms with Gasteiger partial charge < -0.3 is 25.0 Å². The van der Waals surface area contributed by atoms with Crippen molar-refractivity contribution in [2.24, 2.45) is 0 Å². The molecule has 3 heterocycles. The lowest BCUT2D eigenvalue weighted by Crippen LogP contribution is -2.36. The molecule has 1 atom stereocenters. The summed E-state index contributed by atoms with van der Waals surface area (Å²) in [4.78, 5) is 19.3. The van der Waals surface area contributed by atoms with Crippen molar-refractivity contribution >= 4 is 11.8 Å². The van der Waals surface area contributed by atoms with Crippen LogP contribution in [-0.4, -0.2) is 37.3 Å². The van der Waals surface area contributed by atoms with Gasteiger partial charge in [-0.1, -0.05) is 25.0 Å². The third-order valence-electron chi connectivity index (χ3n) is 5.61. The number of amides is 2. The van der Waals surface area contributed by atoms with Crippen LogP contribution in [0.15, 0.2) is 36.5 Å². The molecule has 4 rings (SSSR count). The summed E-state index contributed by atoms with van der Waals surface area (Å²) >= 11 is 0. The van der Waals surface area contributed by atoms with Crippen LogP contribution in [0.4, 0.5) is 10.6 Å². The number of anilines is 1. The van der Waals surface area contributed by atoms with E-state index >= 15 is 0 Å². The van der Waals surface area contributed by atoms with E-state index in [1.165, 1.54) is 25.7 Å². The van der Waals surface area contributed by atoms with Crippen LogP contribution in [0, 0.1) is 0 Å². The second-order valence-corrected chi connectivity index (χ2v) is 7.88. The van der Waals surface area contributed by atoms with Crippen LogP contribution < -0.4 is 25.0 Å². The van der Waals surface area contributed by atoms with Gasteiger partial charge in [0.15, 0.2) is 11.5 Å². The normalized spacial score (nSPS) is 17.0.